The van der Waals surface area contributed by atoms with Gasteiger partial charge in [0.25, 0.3) is 0 Å². The van der Waals surface area contributed by atoms with Crippen LogP contribution in [0.15, 0.2) is 65.7 Å². The summed E-state index contributed by atoms with van der Waals surface area (Å²) in [5, 5.41) is 3.02. The molecule has 4 rings (SSSR count). The molecule has 2 saturated heterocycles. The Kier molecular flexibility index (Phi) is 11.9. The van der Waals surface area contributed by atoms with E-state index in [0.29, 0.717) is 51.9 Å². The number of nitrogens with one attached hydrogen (secondary N) is 2. The Hall–Kier alpha value is -3.77. The van der Waals surface area contributed by atoms with Gasteiger partial charge in [0.2, 0.25) is 27.7 Å². The smallest absolute Gasteiger partial charge is 0.248 e. The van der Waals surface area contributed by atoms with Gasteiger partial charge in [0.05, 0.1) is 6.26 Å². The zero-order chi connectivity index (χ0) is 31.5. The molecule has 0 aromatic heterocycles. The van der Waals surface area contributed by atoms with Crippen LogP contribution in [0.25, 0.3) is 0 Å². The minimum absolute atomic E-state index is 0.196. The largest absolute Gasteiger partial charge is 0.369 e. The van der Waals surface area contributed by atoms with Gasteiger partial charge >= 0.3 is 0 Å². The molecule has 4 N–H and O–H groups in total. The van der Waals surface area contributed by atoms with Crippen LogP contribution in [0.1, 0.15) is 49.7 Å². The fraction of sp³-hybridized carbons (Fsp3) is 0.500. The molecule has 0 saturated carbocycles. The first kappa shape index (κ1) is 33.1. The monoisotopic (exact) mass is 624 g/mol. The number of benzene rings is 2. The van der Waals surface area contributed by atoms with Gasteiger partial charge in [0.1, 0.15) is 12.1 Å². The summed E-state index contributed by atoms with van der Waals surface area (Å²) in [6.07, 6.45) is 5.86. The van der Waals surface area contributed by atoms with Gasteiger partial charge in [0, 0.05) is 32.6 Å². The molecule has 0 aliphatic carbocycles. The SMILES string of the molecule is CS(=O)(=O)N[C@H](Cc1ccccc1)C(=O)N1CCC[C@H]1C(=O)NCC1CCN(/C(N)=N\C(=O)CCCc2ccccc2)CC1. The summed E-state index contributed by atoms with van der Waals surface area (Å²) in [6.45, 7) is 2.14. The van der Waals surface area contributed by atoms with Crippen molar-refractivity contribution >= 4 is 33.7 Å². The number of hydrogen-bond acceptors (Lipinski definition) is 5. The molecule has 0 bridgehead atoms. The maximum Gasteiger partial charge on any atom is 0.248 e. The molecule has 3 amide bonds. The lowest BCUT2D eigenvalue weighted by Crippen LogP contribution is -2.54. The number of likely N-dealkylation sites (tertiary alicyclic amines) is 2. The van der Waals surface area contributed by atoms with Gasteiger partial charge in [-0.1, -0.05) is 60.7 Å². The molecular formula is C32H44N6O5S. The molecule has 238 valence electrons. The Balaban J connectivity index is 1.23. The number of aryl methyl sites for hydroxylation is 1. The summed E-state index contributed by atoms with van der Waals surface area (Å²) in [4.78, 5) is 46.6. The second kappa shape index (κ2) is 15.8. The maximum atomic E-state index is 13.5. The molecular weight excluding hydrogens is 580 g/mol. The lowest BCUT2D eigenvalue weighted by Gasteiger charge is -2.33. The van der Waals surface area contributed by atoms with Crippen LogP contribution in [0.3, 0.4) is 0 Å². The number of carbonyl (C=O) groups is 3. The van der Waals surface area contributed by atoms with Crippen molar-refractivity contribution in [1.82, 2.24) is 19.8 Å². The molecule has 0 radical (unpaired) electrons. The molecule has 44 heavy (non-hydrogen) atoms. The quantitative estimate of drug-likeness (QED) is 0.241. The van der Waals surface area contributed by atoms with Crippen LogP contribution >= 0.6 is 0 Å². The second-order valence-electron chi connectivity index (χ2n) is 11.7. The van der Waals surface area contributed by atoms with Gasteiger partial charge in [0.15, 0.2) is 5.96 Å². The Labute approximate surface area is 260 Å². The van der Waals surface area contributed by atoms with Gasteiger partial charge in [-0.05, 0) is 62.0 Å². The number of guanidine groups is 1. The number of piperidine rings is 1. The van der Waals surface area contributed by atoms with Crippen molar-refractivity contribution in [2.75, 3.05) is 32.4 Å². The third-order valence-corrected chi connectivity index (χ3v) is 8.93. The van der Waals surface area contributed by atoms with E-state index in [1.807, 2.05) is 65.6 Å². The summed E-state index contributed by atoms with van der Waals surface area (Å²) in [6, 6.07) is 17.6. The highest BCUT2D eigenvalue weighted by molar-refractivity contribution is 7.88. The van der Waals surface area contributed by atoms with Crippen molar-refractivity contribution in [3.8, 4) is 0 Å². The van der Waals surface area contributed by atoms with Crippen LogP contribution in [0, 0.1) is 5.92 Å². The van der Waals surface area contributed by atoms with E-state index in [2.05, 4.69) is 15.0 Å². The molecule has 11 nitrogen and oxygen atoms in total. The third-order valence-electron chi connectivity index (χ3n) is 8.22. The van der Waals surface area contributed by atoms with Crippen molar-refractivity contribution in [1.29, 1.82) is 0 Å². The van der Waals surface area contributed by atoms with Crippen LogP contribution in [-0.2, 0) is 37.2 Å². The lowest BCUT2D eigenvalue weighted by atomic mass is 9.97. The standard InChI is InChI=1S/C32H44N6O5S/c1-44(42,43)36-27(22-25-12-6-3-7-13-25)31(41)38-19-9-15-28(38)30(40)34-23-26-17-20-37(21-18-26)32(33)35-29(39)16-8-14-24-10-4-2-5-11-24/h2-7,10-13,26-28,36H,8-9,14-23H2,1H3,(H,34,40)(H2,33,35,39)/t27-,28+/m1/s1. The van der Waals surface area contributed by atoms with Crippen LogP contribution in [0.2, 0.25) is 0 Å². The molecule has 2 aromatic carbocycles. The topological polar surface area (TPSA) is 154 Å². The fourth-order valence-electron chi connectivity index (χ4n) is 5.86. The zero-order valence-electron chi connectivity index (χ0n) is 25.4. The second-order valence-corrected chi connectivity index (χ2v) is 13.5. The Morgan fingerprint density at radius 2 is 1.59 bits per heavy atom. The van der Waals surface area contributed by atoms with Gasteiger partial charge in [-0.25, -0.2) is 13.1 Å². The minimum atomic E-state index is -3.65. The third kappa shape index (κ3) is 10.2. The van der Waals surface area contributed by atoms with Gasteiger partial charge in [-0.3, -0.25) is 14.4 Å². The number of rotatable bonds is 12. The van der Waals surface area contributed by atoms with Gasteiger partial charge in [-0.15, -0.1) is 0 Å². The van der Waals surface area contributed by atoms with Gasteiger partial charge in [-0.2, -0.15) is 4.99 Å². The van der Waals surface area contributed by atoms with Crippen molar-refractivity contribution in [3.63, 3.8) is 0 Å². The summed E-state index contributed by atoms with van der Waals surface area (Å²) in [5.41, 5.74) is 8.16. The lowest BCUT2D eigenvalue weighted by molar-refractivity contribution is -0.139. The Morgan fingerprint density at radius 1 is 0.955 bits per heavy atom. The fourth-order valence-corrected chi connectivity index (χ4v) is 6.56. The summed E-state index contributed by atoms with van der Waals surface area (Å²) < 4.78 is 26.6. The first-order valence-corrected chi connectivity index (χ1v) is 17.2. The number of aliphatic imine (C=N–C) groups is 1. The molecule has 2 fully saturated rings. The van der Waals surface area contributed by atoms with E-state index in [9.17, 15) is 22.8 Å². The number of carbonyl (C=O) groups excluding carboxylic acids is 3. The Bertz CT molecular complexity index is 1390. The number of nitrogens with zero attached hydrogens (tertiary/aromatic N) is 3. The maximum absolute atomic E-state index is 13.5. The van der Waals surface area contributed by atoms with E-state index in [1.54, 1.807) is 0 Å². The molecule has 2 aliphatic heterocycles. The van der Waals surface area contributed by atoms with E-state index in [4.69, 9.17) is 5.73 Å². The number of hydrogen-bond donors (Lipinski definition) is 3. The first-order chi connectivity index (χ1) is 21.1. The highest BCUT2D eigenvalue weighted by Crippen LogP contribution is 2.21. The molecule has 2 aromatic rings. The summed E-state index contributed by atoms with van der Waals surface area (Å²) in [7, 11) is -3.65. The predicted molar refractivity (Wildman–Crippen MR) is 170 cm³/mol. The van der Waals surface area contributed by atoms with Crippen molar-refractivity contribution in [2.24, 2.45) is 16.6 Å². The van der Waals surface area contributed by atoms with E-state index in [0.717, 1.165) is 31.1 Å². The summed E-state index contributed by atoms with van der Waals surface area (Å²) >= 11 is 0. The molecule has 0 spiro atoms. The van der Waals surface area contributed by atoms with Crippen LogP contribution in [0.4, 0.5) is 0 Å². The molecule has 12 heteroatoms. The van der Waals surface area contributed by atoms with Crippen molar-refractivity contribution < 1.29 is 22.8 Å². The molecule has 2 heterocycles. The average Bonchev–Trinajstić information content (AvgIpc) is 3.50. The minimum Gasteiger partial charge on any atom is -0.369 e. The summed E-state index contributed by atoms with van der Waals surface area (Å²) in [5.74, 6) is -0.368. The molecule has 0 unspecified atom stereocenters. The average molecular weight is 625 g/mol. The van der Waals surface area contributed by atoms with E-state index >= 15 is 0 Å². The number of sulfonamides is 1. The van der Waals surface area contributed by atoms with Gasteiger partial charge < -0.3 is 20.9 Å². The first-order valence-electron chi connectivity index (χ1n) is 15.3. The van der Waals surface area contributed by atoms with Crippen molar-refractivity contribution in [3.05, 3.63) is 71.8 Å². The highest BCUT2D eigenvalue weighted by Gasteiger charge is 2.38. The molecule has 2 atom stereocenters. The number of nitrogens with two attached hydrogens (primary N) is 1. The molecule has 2 aliphatic rings. The van der Waals surface area contributed by atoms with E-state index in [-0.39, 0.29) is 30.1 Å². The van der Waals surface area contributed by atoms with Crippen molar-refractivity contribution in [2.45, 2.75) is 63.5 Å². The van der Waals surface area contributed by atoms with Crippen LogP contribution in [-0.4, -0.2) is 86.4 Å². The Morgan fingerprint density at radius 3 is 2.23 bits per heavy atom. The highest BCUT2D eigenvalue weighted by atomic mass is 32.2. The normalized spacial score (nSPS) is 18.7. The van der Waals surface area contributed by atoms with Crippen LogP contribution < -0.4 is 15.8 Å². The zero-order valence-corrected chi connectivity index (χ0v) is 26.2. The number of amides is 3. The predicted octanol–water partition coefficient (Wildman–Crippen LogP) is 1.83. The van der Waals surface area contributed by atoms with Crippen LogP contribution in [0.5, 0.6) is 0 Å². The van der Waals surface area contributed by atoms with E-state index in [1.165, 1.54) is 10.5 Å². The van der Waals surface area contributed by atoms with E-state index < -0.39 is 28.0 Å².